The monoisotopic (exact) mass is 1300 g/mol. The number of ether oxygens (including phenoxy) is 14. The van der Waals surface area contributed by atoms with Crippen molar-refractivity contribution in [1.82, 2.24) is 0 Å². The molecular formula is C70H120O21. The third-order valence-electron chi connectivity index (χ3n) is 19.3. The molecule has 7 saturated heterocycles. The van der Waals surface area contributed by atoms with Crippen LogP contribution in [0.15, 0.2) is 0 Å². The molecule has 91 heavy (non-hydrogen) atoms. The Kier molecular flexibility index (Phi) is 31.1. The van der Waals surface area contributed by atoms with Crippen molar-refractivity contribution in [2.24, 2.45) is 44.3 Å². The Labute approximate surface area is 545 Å². The number of epoxide rings is 7. The van der Waals surface area contributed by atoms with E-state index in [1.54, 1.807) is 0 Å². The van der Waals surface area contributed by atoms with Gasteiger partial charge < -0.3 is 66.3 Å². The van der Waals surface area contributed by atoms with Gasteiger partial charge in [-0.3, -0.25) is 33.6 Å². The van der Waals surface area contributed by atoms with Crippen molar-refractivity contribution in [3.63, 3.8) is 0 Å². The lowest BCUT2D eigenvalue weighted by molar-refractivity contribution is -0.161. The molecule has 0 bridgehead atoms. The zero-order valence-corrected chi connectivity index (χ0v) is 59.4. The second-order valence-corrected chi connectivity index (χ2v) is 29.8. The van der Waals surface area contributed by atoms with E-state index in [4.69, 9.17) is 66.3 Å². The van der Waals surface area contributed by atoms with Gasteiger partial charge in [0, 0.05) is 6.42 Å². The average molecular weight is 1300 g/mol. The number of carbonyl (C=O) groups is 7. The van der Waals surface area contributed by atoms with Gasteiger partial charge in [-0.15, -0.1) is 0 Å². The second kappa shape index (κ2) is 35.7. The van der Waals surface area contributed by atoms with Crippen molar-refractivity contribution >= 4 is 41.8 Å². The summed E-state index contributed by atoms with van der Waals surface area (Å²) in [6, 6.07) is 0. The molecule has 21 heteroatoms. The van der Waals surface area contributed by atoms with Crippen LogP contribution in [-0.2, 0) is 99.9 Å². The largest absolute Gasteiger partial charge is 0.465 e. The third kappa shape index (κ3) is 28.9. The summed E-state index contributed by atoms with van der Waals surface area (Å²) in [4.78, 5) is 80.3. The van der Waals surface area contributed by atoms with Crippen molar-refractivity contribution in [3.8, 4) is 0 Å². The van der Waals surface area contributed by atoms with Crippen LogP contribution in [0.4, 0.5) is 0 Å². The van der Waals surface area contributed by atoms with Gasteiger partial charge in [0.1, 0.15) is 44.2 Å². The van der Waals surface area contributed by atoms with Crippen LogP contribution < -0.4 is 0 Å². The predicted molar refractivity (Wildman–Crippen MR) is 339 cm³/mol. The number of carbonyl (C=O) groups excluding carboxylic acids is 7. The minimum atomic E-state index is -0.369. The topological polar surface area (TPSA) is 272 Å². The smallest absolute Gasteiger partial charge is 0.313 e. The SMILES string of the molecule is CCC(C)(C)C(=O)OC1CCC2OC12.CCC(C)(C)C(=O)OC1CCC2OC2C1.CCC(C)(C)C(=O)OC1CO1.CCC(C)(C)C(=O)OCC1CC2OC2C1.CCC(C)(C)C(=O)OCC1CO1.CCC(C)(C)C(=O)OCCCC1CO1.CCC(C)C(=O)OC1CO1. The highest BCUT2D eigenvalue weighted by molar-refractivity contribution is 5.78. The number of hydrogen-bond donors (Lipinski definition) is 0. The van der Waals surface area contributed by atoms with Crippen LogP contribution in [0, 0.1) is 44.3 Å². The van der Waals surface area contributed by atoms with E-state index in [9.17, 15) is 33.6 Å². The first-order valence-electron chi connectivity index (χ1n) is 34.3. The van der Waals surface area contributed by atoms with Crippen LogP contribution in [0.25, 0.3) is 0 Å². The molecule has 526 valence electrons. The fraction of sp³-hybridized carbons (Fsp3) is 0.900. The molecule has 0 aromatic carbocycles. The molecule has 3 aliphatic carbocycles. The second-order valence-electron chi connectivity index (χ2n) is 29.8. The van der Waals surface area contributed by atoms with Crippen LogP contribution in [0.2, 0.25) is 0 Å². The lowest BCUT2D eigenvalue weighted by Crippen LogP contribution is -2.32. The Hall–Kier alpha value is -3.99. The van der Waals surface area contributed by atoms with E-state index in [1.165, 1.54) is 0 Å². The molecule has 10 aliphatic rings. The quantitative estimate of drug-likeness (QED) is 0.0337. The summed E-state index contributed by atoms with van der Waals surface area (Å²) in [5.74, 6) is -0.194. The maximum absolute atomic E-state index is 11.8. The van der Waals surface area contributed by atoms with E-state index in [1.807, 2.05) is 138 Å². The van der Waals surface area contributed by atoms with Gasteiger partial charge in [0.25, 0.3) is 0 Å². The normalized spacial score (nSPS) is 28.3. The molecular weight excluding hydrogens is 1180 g/mol. The van der Waals surface area contributed by atoms with Crippen LogP contribution >= 0.6 is 0 Å². The van der Waals surface area contributed by atoms with Gasteiger partial charge in [-0.05, 0) is 185 Å². The zero-order chi connectivity index (χ0) is 68.3. The Bertz CT molecular complexity index is 2280. The molecule has 13 atom stereocenters. The summed E-state index contributed by atoms with van der Waals surface area (Å²) >= 11 is 0. The van der Waals surface area contributed by atoms with Crippen molar-refractivity contribution < 1.29 is 99.9 Å². The molecule has 13 unspecified atom stereocenters. The van der Waals surface area contributed by atoms with Gasteiger partial charge in [-0.1, -0.05) is 55.4 Å². The van der Waals surface area contributed by atoms with Crippen LogP contribution in [0.3, 0.4) is 0 Å². The van der Waals surface area contributed by atoms with E-state index in [-0.39, 0.29) is 117 Å². The molecule has 10 fully saturated rings. The first-order chi connectivity index (χ1) is 42.5. The molecule has 0 aromatic heterocycles. The van der Waals surface area contributed by atoms with E-state index in [0.29, 0.717) is 75.6 Å². The lowest BCUT2D eigenvalue weighted by atomic mass is 9.90. The molecule has 21 nitrogen and oxygen atoms in total. The van der Waals surface area contributed by atoms with E-state index >= 15 is 0 Å². The minimum absolute atomic E-state index is 0.00389. The average Bonchev–Trinajstić information content (AvgIpc) is 1.66. The standard InChI is InChI=1S/2C12H20O3.C11H18O3.C11H20O3.C9H16O3.C8H14O3.C7H12O3/c1-4-12(2,3)11(13)14-7-8-5-9-10(6-8)15-9;1-4-12(2,3)11(13)14-8-5-6-9-10(7-8)15-9;1-4-11(2,3)10(12)14-8-6-5-7-9(8)13-7;1-4-11(2,3)10(12)13-7-5-6-9-8-14-9;1-4-9(2,3)8(10)12-6-7-5-11-7;1-4-8(2,3)7(9)11-6-5-10-6;1-3-5(2)7(8)10-6-4-9-6/h2*8-10H,4-7H2,1-3H3;7-9H,4-6H2,1-3H3;9H,4-8H2,1-3H3;7H,4-6H2,1-3H3;6H,4-5H2,1-3H3;5-6H,3-4H2,1-2H3. The molecule has 0 aromatic rings. The van der Waals surface area contributed by atoms with Gasteiger partial charge in [0.2, 0.25) is 12.6 Å². The summed E-state index contributed by atoms with van der Waals surface area (Å²) in [6.07, 6.45) is 17.3. The van der Waals surface area contributed by atoms with Crippen molar-refractivity contribution in [2.45, 2.75) is 315 Å². The van der Waals surface area contributed by atoms with E-state index < -0.39 is 0 Å². The Morgan fingerprint density at radius 3 is 1.24 bits per heavy atom. The first kappa shape index (κ1) is 79.4. The zero-order valence-electron chi connectivity index (χ0n) is 59.4. The Balaban J connectivity index is 0.000000228. The summed E-state index contributed by atoms with van der Waals surface area (Å²) in [5, 5.41) is 0. The number of esters is 7. The van der Waals surface area contributed by atoms with E-state index in [0.717, 1.165) is 116 Å². The molecule has 10 rings (SSSR count). The minimum Gasteiger partial charge on any atom is -0.465 e. The highest BCUT2D eigenvalue weighted by Crippen LogP contribution is 2.43. The third-order valence-corrected chi connectivity index (χ3v) is 19.3. The number of hydrogen-bond acceptors (Lipinski definition) is 21. The number of fused-ring (bicyclic) bond motifs is 3. The maximum Gasteiger partial charge on any atom is 0.313 e. The lowest BCUT2D eigenvalue weighted by Gasteiger charge is -2.26. The van der Waals surface area contributed by atoms with Gasteiger partial charge in [0.05, 0.1) is 101 Å². The van der Waals surface area contributed by atoms with Crippen LogP contribution in [-0.4, -0.2) is 162 Å². The summed E-state index contributed by atoms with van der Waals surface area (Å²) in [7, 11) is 0. The molecule has 0 N–H and O–H groups in total. The fourth-order valence-electron chi connectivity index (χ4n) is 8.50. The first-order valence-corrected chi connectivity index (χ1v) is 34.3. The predicted octanol–water partition coefficient (Wildman–Crippen LogP) is 12.1. The van der Waals surface area contributed by atoms with Gasteiger partial charge >= 0.3 is 41.8 Å². The van der Waals surface area contributed by atoms with E-state index in [2.05, 4.69) is 0 Å². The highest BCUT2D eigenvalue weighted by atomic mass is 16.8. The molecule has 0 spiro atoms. The van der Waals surface area contributed by atoms with Crippen molar-refractivity contribution in [2.75, 3.05) is 46.2 Å². The maximum atomic E-state index is 11.8. The molecule has 3 saturated carbocycles. The van der Waals surface area contributed by atoms with Crippen LogP contribution in [0.5, 0.6) is 0 Å². The summed E-state index contributed by atoms with van der Waals surface area (Å²) in [6.45, 7) is 43.0. The highest BCUT2D eigenvalue weighted by Gasteiger charge is 2.53. The summed E-state index contributed by atoms with van der Waals surface area (Å²) < 4.78 is 72.0. The fourth-order valence-corrected chi connectivity index (χ4v) is 8.50. The molecule has 7 heterocycles. The van der Waals surface area contributed by atoms with Crippen molar-refractivity contribution in [1.29, 1.82) is 0 Å². The summed E-state index contributed by atoms with van der Waals surface area (Å²) in [5.41, 5.74) is -2.09. The molecule has 7 aliphatic heterocycles. The Morgan fingerprint density at radius 2 is 0.824 bits per heavy atom. The Morgan fingerprint density at radius 1 is 0.418 bits per heavy atom. The number of rotatable bonds is 26. The van der Waals surface area contributed by atoms with Gasteiger partial charge in [-0.25, -0.2) is 0 Å². The van der Waals surface area contributed by atoms with Gasteiger partial charge in [0.15, 0.2) is 0 Å². The molecule has 0 amide bonds. The van der Waals surface area contributed by atoms with Crippen molar-refractivity contribution in [3.05, 3.63) is 0 Å². The molecule has 0 radical (unpaired) electrons. The van der Waals surface area contributed by atoms with Gasteiger partial charge in [-0.2, -0.15) is 0 Å². The van der Waals surface area contributed by atoms with Crippen LogP contribution in [0.1, 0.15) is 241 Å².